The van der Waals surface area contributed by atoms with Crippen molar-refractivity contribution in [2.75, 3.05) is 0 Å². The average Bonchev–Trinajstić information content (AvgIpc) is 2.95. The molecule has 0 atom stereocenters. The molecule has 1 N–H and O–H groups in total. The third kappa shape index (κ3) is 4.85. The van der Waals surface area contributed by atoms with Gasteiger partial charge in [-0.3, -0.25) is 9.36 Å². The second kappa shape index (κ2) is 8.96. The Labute approximate surface area is 139 Å². The van der Waals surface area contributed by atoms with Crippen molar-refractivity contribution in [1.82, 2.24) is 24.9 Å². The van der Waals surface area contributed by atoms with E-state index in [1.165, 1.54) is 11.1 Å². The summed E-state index contributed by atoms with van der Waals surface area (Å²) in [6.07, 6.45) is 6.53. The van der Waals surface area contributed by atoms with E-state index in [9.17, 15) is 0 Å². The monoisotopic (exact) mass is 325 g/mol. The van der Waals surface area contributed by atoms with Gasteiger partial charge in [0.05, 0.1) is 11.4 Å². The van der Waals surface area contributed by atoms with E-state index in [1.54, 1.807) is 0 Å². The van der Waals surface area contributed by atoms with Gasteiger partial charge in [-0.1, -0.05) is 13.8 Å². The summed E-state index contributed by atoms with van der Waals surface area (Å²) in [5, 5.41) is 12.6. The molecule has 2 aromatic rings. The fourth-order valence-electron chi connectivity index (χ4n) is 2.48. The first kappa shape index (κ1) is 18.7. The molecule has 0 unspecified atom stereocenters. The number of aromatic nitrogens is 4. The van der Waals surface area contributed by atoms with Crippen molar-refractivity contribution in [3.8, 4) is 0 Å². The minimum Gasteiger partial charge on any atom is -0.308 e. The predicted octanol–water partition coefficient (Wildman–Crippen LogP) is 3.23. The Hall–Kier alpha value is -1.33. The largest absolute Gasteiger partial charge is 0.308 e. The van der Waals surface area contributed by atoms with Crippen molar-refractivity contribution in [2.45, 2.75) is 66.7 Å². The van der Waals surface area contributed by atoms with E-state index < -0.39 is 0 Å². The molecule has 0 spiro atoms. The summed E-state index contributed by atoms with van der Waals surface area (Å²) in [5.41, 5.74) is 4.80. The fraction of sp³-hybridized carbons (Fsp3) is 0.625. The zero-order chi connectivity index (χ0) is 15.2. The second-order valence-electron chi connectivity index (χ2n) is 5.61. The molecule has 0 fully saturated rings. The zero-order valence-corrected chi connectivity index (χ0v) is 14.9. The maximum absolute atomic E-state index is 4.53. The Bertz CT molecular complexity index is 523. The van der Waals surface area contributed by atoms with Gasteiger partial charge >= 0.3 is 0 Å². The van der Waals surface area contributed by atoms with Crippen LogP contribution in [0.5, 0.6) is 0 Å². The zero-order valence-electron chi connectivity index (χ0n) is 14.1. The standard InChI is InChI=1S/C16H27N5.ClH/c1-5-7-20-11-15(13(3)18-20)9-17-10-16-12-21(8-6-2)19-14(16)4;/h11-12,17H,5-10H2,1-4H3;1H. The Kier molecular flexibility index (Phi) is 7.62. The van der Waals surface area contributed by atoms with Crippen molar-refractivity contribution in [3.05, 3.63) is 34.9 Å². The van der Waals surface area contributed by atoms with Crippen LogP contribution in [0.4, 0.5) is 0 Å². The lowest BCUT2D eigenvalue weighted by atomic mass is 10.2. The van der Waals surface area contributed by atoms with Crippen LogP contribution in [0.3, 0.4) is 0 Å². The van der Waals surface area contributed by atoms with Gasteiger partial charge in [0.25, 0.3) is 0 Å². The SMILES string of the molecule is CCCn1cc(CNCc2cn(CCC)nc2C)c(C)n1.Cl. The summed E-state index contributed by atoms with van der Waals surface area (Å²) < 4.78 is 4.08. The minimum atomic E-state index is 0. The van der Waals surface area contributed by atoms with E-state index in [0.717, 1.165) is 50.4 Å². The van der Waals surface area contributed by atoms with Crippen LogP contribution in [0.1, 0.15) is 49.2 Å². The predicted molar refractivity (Wildman–Crippen MR) is 92.3 cm³/mol. The Morgan fingerprint density at radius 1 is 0.864 bits per heavy atom. The summed E-state index contributed by atoms with van der Waals surface area (Å²) >= 11 is 0. The van der Waals surface area contributed by atoms with Gasteiger partial charge in [0, 0.05) is 49.7 Å². The second-order valence-corrected chi connectivity index (χ2v) is 5.61. The number of rotatable bonds is 8. The molecule has 0 saturated carbocycles. The van der Waals surface area contributed by atoms with E-state index in [2.05, 4.69) is 55.6 Å². The highest BCUT2D eigenvalue weighted by Gasteiger charge is 2.07. The highest BCUT2D eigenvalue weighted by atomic mass is 35.5. The Morgan fingerprint density at radius 3 is 1.64 bits per heavy atom. The highest BCUT2D eigenvalue weighted by Crippen LogP contribution is 2.09. The molecule has 0 amide bonds. The lowest BCUT2D eigenvalue weighted by Gasteiger charge is -2.02. The topological polar surface area (TPSA) is 47.7 Å². The van der Waals surface area contributed by atoms with Gasteiger partial charge in [-0.15, -0.1) is 12.4 Å². The normalized spacial score (nSPS) is 10.7. The molecule has 0 aliphatic rings. The van der Waals surface area contributed by atoms with Gasteiger partial charge in [-0.05, 0) is 26.7 Å². The first-order chi connectivity index (χ1) is 10.1. The van der Waals surface area contributed by atoms with Crippen molar-refractivity contribution >= 4 is 12.4 Å². The van der Waals surface area contributed by atoms with Crippen LogP contribution in [0.15, 0.2) is 12.4 Å². The molecule has 124 valence electrons. The molecule has 2 aromatic heterocycles. The lowest BCUT2D eigenvalue weighted by molar-refractivity contribution is 0.597. The fourth-order valence-corrected chi connectivity index (χ4v) is 2.48. The molecular weight excluding hydrogens is 298 g/mol. The lowest BCUT2D eigenvalue weighted by Crippen LogP contribution is -2.13. The van der Waals surface area contributed by atoms with Gasteiger partial charge in [0.15, 0.2) is 0 Å². The van der Waals surface area contributed by atoms with Crippen LogP contribution in [0.25, 0.3) is 0 Å². The summed E-state index contributed by atoms with van der Waals surface area (Å²) in [6.45, 7) is 12.2. The Morgan fingerprint density at radius 2 is 1.27 bits per heavy atom. The maximum Gasteiger partial charge on any atom is 0.0638 e. The van der Waals surface area contributed by atoms with E-state index in [-0.39, 0.29) is 12.4 Å². The smallest absolute Gasteiger partial charge is 0.0638 e. The summed E-state index contributed by atoms with van der Waals surface area (Å²) in [6, 6.07) is 0. The van der Waals surface area contributed by atoms with E-state index >= 15 is 0 Å². The average molecular weight is 326 g/mol. The maximum atomic E-state index is 4.53. The Balaban J connectivity index is 0.00000242. The van der Waals surface area contributed by atoms with E-state index in [1.807, 2.05) is 9.36 Å². The third-order valence-corrected chi connectivity index (χ3v) is 3.63. The van der Waals surface area contributed by atoms with Crippen LogP contribution >= 0.6 is 12.4 Å². The molecular formula is C16H28ClN5. The quantitative estimate of drug-likeness (QED) is 0.810. The first-order valence-electron chi connectivity index (χ1n) is 7.90. The highest BCUT2D eigenvalue weighted by molar-refractivity contribution is 5.85. The molecule has 5 nitrogen and oxygen atoms in total. The van der Waals surface area contributed by atoms with Gasteiger partial charge < -0.3 is 5.32 Å². The number of hydrogen-bond acceptors (Lipinski definition) is 3. The molecule has 0 bridgehead atoms. The van der Waals surface area contributed by atoms with Crippen LogP contribution in [-0.2, 0) is 26.2 Å². The molecule has 0 saturated heterocycles. The summed E-state index contributed by atoms with van der Waals surface area (Å²) in [4.78, 5) is 0. The number of nitrogens with one attached hydrogen (secondary N) is 1. The van der Waals surface area contributed by atoms with Crippen LogP contribution in [-0.4, -0.2) is 19.6 Å². The summed E-state index contributed by atoms with van der Waals surface area (Å²) in [5.74, 6) is 0. The third-order valence-electron chi connectivity index (χ3n) is 3.63. The molecule has 0 radical (unpaired) electrons. The molecule has 2 rings (SSSR count). The van der Waals surface area contributed by atoms with Gasteiger partial charge in [-0.25, -0.2) is 0 Å². The number of aryl methyl sites for hydroxylation is 4. The molecule has 2 heterocycles. The van der Waals surface area contributed by atoms with Crippen molar-refractivity contribution in [1.29, 1.82) is 0 Å². The van der Waals surface area contributed by atoms with Crippen LogP contribution in [0.2, 0.25) is 0 Å². The molecule has 0 aliphatic heterocycles. The van der Waals surface area contributed by atoms with Gasteiger partial charge in [-0.2, -0.15) is 10.2 Å². The van der Waals surface area contributed by atoms with Crippen LogP contribution in [0, 0.1) is 13.8 Å². The minimum absolute atomic E-state index is 0. The summed E-state index contributed by atoms with van der Waals surface area (Å²) in [7, 11) is 0. The van der Waals surface area contributed by atoms with Crippen LogP contribution < -0.4 is 5.32 Å². The van der Waals surface area contributed by atoms with Gasteiger partial charge in [0.1, 0.15) is 0 Å². The number of halogens is 1. The van der Waals surface area contributed by atoms with Crippen molar-refractivity contribution in [3.63, 3.8) is 0 Å². The molecule has 0 aliphatic carbocycles. The molecule has 22 heavy (non-hydrogen) atoms. The van der Waals surface area contributed by atoms with Crippen molar-refractivity contribution in [2.24, 2.45) is 0 Å². The first-order valence-corrected chi connectivity index (χ1v) is 7.90. The number of hydrogen-bond donors (Lipinski definition) is 1. The number of nitrogens with zero attached hydrogens (tertiary/aromatic N) is 4. The van der Waals surface area contributed by atoms with E-state index in [4.69, 9.17) is 0 Å². The van der Waals surface area contributed by atoms with E-state index in [0.29, 0.717) is 0 Å². The molecule has 6 heteroatoms. The molecule has 0 aromatic carbocycles. The van der Waals surface area contributed by atoms with Crippen molar-refractivity contribution < 1.29 is 0 Å². The van der Waals surface area contributed by atoms with Gasteiger partial charge in [0.2, 0.25) is 0 Å².